The highest BCUT2D eigenvalue weighted by atomic mass is 16.7. The fourth-order valence-electron chi connectivity index (χ4n) is 4.44. The first kappa shape index (κ1) is 17.2. The lowest BCUT2D eigenvalue weighted by Gasteiger charge is -2.35. The van der Waals surface area contributed by atoms with Gasteiger partial charge in [-0.3, -0.25) is 4.84 Å². The van der Waals surface area contributed by atoms with E-state index in [4.69, 9.17) is 4.84 Å². The summed E-state index contributed by atoms with van der Waals surface area (Å²) in [4.78, 5) is 11.2. The molecule has 0 aromatic heterocycles. The Morgan fingerprint density at radius 1 is 1.13 bits per heavy atom. The summed E-state index contributed by atoms with van der Waals surface area (Å²) in [5.41, 5.74) is 1.62. The molecule has 0 N–H and O–H groups in total. The third-order valence-electron chi connectivity index (χ3n) is 5.97. The summed E-state index contributed by atoms with van der Waals surface area (Å²) >= 11 is 0. The maximum absolute atomic E-state index is 6.23. The van der Waals surface area contributed by atoms with Crippen molar-refractivity contribution in [3.63, 3.8) is 0 Å². The molecule has 3 aliphatic rings. The van der Waals surface area contributed by atoms with Crippen LogP contribution in [0.4, 0.5) is 0 Å². The monoisotopic (exact) mass is 322 g/mol. The fraction of sp³-hybridized carbons (Fsp3) is 0.947. The highest BCUT2D eigenvalue weighted by Crippen LogP contribution is 2.36. The van der Waals surface area contributed by atoms with Crippen molar-refractivity contribution in [3.05, 3.63) is 0 Å². The second-order valence-corrected chi connectivity index (χ2v) is 7.71. The van der Waals surface area contributed by atoms with Gasteiger partial charge < -0.3 is 9.80 Å². The summed E-state index contributed by atoms with van der Waals surface area (Å²) in [5, 5.41) is 0. The Kier molecular flexibility index (Phi) is 6.35. The Morgan fingerprint density at radius 3 is 2.74 bits per heavy atom. The molecule has 2 unspecified atom stereocenters. The number of rotatable bonds is 8. The van der Waals surface area contributed by atoms with E-state index in [1.807, 2.05) is 0 Å². The standard InChI is InChI=1S/C19H36N3O/c1-3-4-9-18-17-8-5-6-10-19(17)22(18)23-16-7-11-21-14-12-20(2)13-15-21/h17-18H,3-16H2,1-2H3/q+1. The number of nitrogens with zero attached hydrogens (tertiary/aromatic N) is 3. The number of hydrogen-bond acceptors (Lipinski definition) is 3. The minimum Gasteiger partial charge on any atom is -0.304 e. The Labute approximate surface area is 142 Å². The third kappa shape index (κ3) is 4.27. The van der Waals surface area contributed by atoms with Crippen molar-refractivity contribution in [1.29, 1.82) is 0 Å². The van der Waals surface area contributed by atoms with E-state index in [1.165, 1.54) is 84.1 Å². The molecule has 23 heavy (non-hydrogen) atoms. The molecule has 0 aromatic rings. The second kappa shape index (κ2) is 8.48. The molecule has 0 amide bonds. The van der Waals surface area contributed by atoms with E-state index in [9.17, 15) is 0 Å². The predicted molar refractivity (Wildman–Crippen MR) is 95.0 cm³/mol. The summed E-state index contributed by atoms with van der Waals surface area (Å²) in [7, 11) is 2.22. The van der Waals surface area contributed by atoms with Crippen LogP contribution in [-0.4, -0.2) is 72.7 Å². The van der Waals surface area contributed by atoms with Gasteiger partial charge in [0.2, 0.25) is 11.8 Å². The van der Waals surface area contributed by atoms with Gasteiger partial charge in [-0.05, 0) is 31.0 Å². The average molecular weight is 323 g/mol. The molecular weight excluding hydrogens is 286 g/mol. The van der Waals surface area contributed by atoms with Gasteiger partial charge in [0.1, 0.15) is 5.92 Å². The molecule has 0 aromatic carbocycles. The number of fused-ring (bicyclic) bond motifs is 1. The molecule has 2 heterocycles. The van der Waals surface area contributed by atoms with Gasteiger partial charge in [-0.25, -0.2) is 0 Å². The maximum Gasteiger partial charge on any atom is 0.214 e. The summed E-state index contributed by atoms with van der Waals surface area (Å²) in [6.07, 6.45) is 10.6. The molecule has 0 bridgehead atoms. The van der Waals surface area contributed by atoms with Crippen molar-refractivity contribution in [3.8, 4) is 0 Å². The molecule has 0 spiro atoms. The molecule has 132 valence electrons. The average Bonchev–Trinajstić information content (AvgIpc) is 2.57. The number of hydroxylamine groups is 1. The van der Waals surface area contributed by atoms with Crippen molar-refractivity contribution in [1.82, 2.24) is 9.80 Å². The van der Waals surface area contributed by atoms with Crippen LogP contribution in [0.5, 0.6) is 0 Å². The van der Waals surface area contributed by atoms with Crippen LogP contribution >= 0.6 is 0 Å². The molecule has 1 saturated heterocycles. The summed E-state index contributed by atoms with van der Waals surface area (Å²) < 4.78 is 2.34. The number of likely N-dealkylation sites (N-methyl/N-ethyl adjacent to an activating group) is 1. The van der Waals surface area contributed by atoms with E-state index in [1.54, 1.807) is 5.71 Å². The first-order chi connectivity index (χ1) is 11.3. The van der Waals surface area contributed by atoms with Crippen molar-refractivity contribution < 1.29 is 9.58 Å². The van der Waals surface area contributed by atoms with Crippen LogP contribution in [0.15, 0.2) is 0 Å². The molecule has 1 saturated carbocycles. The number of unbranched alkanes of at least 4 members (excludes halogenated alkanes) is 1. The molecule has 2 atom stereocenters. The van der Waals surface area contributed by atoms with E-state index >= 15 is 0 Å². The first-order valence-electron chi connectivity index (χ1n) is 9.98. The minimum absolute atomic E-state index is 0.689. The van der Waals surface area contributed by atoms with Crippen molar-refractivity contribution in [2.45, 2.75) is 64.3 Å². The maximum atomic E-state index is 6.23. The molecule has 1 aliphatic carbocycles. The second-order valence-electron chi connectivity index (χ2n) is 7.71. The van der Waals surface area contributed by atoms with E-state index in [0.29, 0.717) is 6.04 Å². The smallest absolute Gasteiger partial charge is 0.214 e. The quantitative estimate of drug-likeness (QED) is 0.506. The van der Waals surface area contributed by atoms with Gasteiger partial charge in [0.05, 0.1) is 0 Å². The lowest BCUT2D eigenvalue weighted by atomic mass is 9.75. The highest BCUT2D eigenvalue weighted by Gasteiger charge is 2.52. The van der Waals surface area contributed by atoms with Crippen LogP contribution in [0.2, 0.25) is 0 Å². The molecule has 4 heteroatoms. The molecule has 4 nitrogen and oxygen atoms in total. The van der Waals surface area contributed by atoms with Gasteiger partial charge >= 0.3 is 0 Å². The summed E-state index contributed by atoms with van der Waals surface area (Å²) in [6.45, 7) is 9.26. The van der Waals surface area contributed by atoms with Gasteiger partial charge in [-0.2, -0.15) is 0 Å². The van der Waals surface area contributed by atoms with E-state index in [0.717, 1.165) is 12.5 Å². The number of hydrogen-bond donors (Lipinski definition) is 0. The highest BCUT2D eigenvalue weighted by molar-refractivity contribution is 5.86. The van der Waals surface area contributed by atoms with Gasteiger partial charge in [0.25, 0.3) is 0 Å². The van der Waals surface area contributed by atoms with Crippen LogP contribution in [0.25, 0.3) is 0 Å². The first-order valence-corrected chi connectivity index (χ1v) is 9.98. The topological polar surface area (TPSA) is 18.7 Å². The van der Waals surface area contributed by atoms with Gasteiger partial charge in [0.15, 0.2) is 6.61 Å². The zero-order chi connectivity index (χ0) is 16.1. The summed E-state index contributed by atoms with van der Waals surface area (Å²) in [5.74, 6) is 0.855. The van der Waals surface area contributed by atoms with Crippen LogP contribution < -0.4 is 0 Å². The largest absolute Gasteiger partial charge is 0.304 e. The Bertz CT molecular complexity index is 401. The SMILES string of the molecule is CCCCC1C2CCCCC2=[N+]1OCCCN1CCN(C)CC1. The van der Waals surface area contributed by atoms with Crippen LogP contribution in [0.1, 0.15) is 58.3 Å². The molecular formula is C19H36N3O+. The number of piperazine rings is 1. The van der Waals surface area contributed by atoms with Gasteiger partial charge in [0, 0.05) is 52.0 Å². The zero-order valence-electron chi connectivity index (χ0n) is 15.3. The Balaban J connectivity index is 1.41. The Hall–Kier alpha value is -0.610. The van der Waals surface area contributed by atoms with Gasteiger partial charge in [-0.15, -0.1) is 0 Å². The van der Waals surface area contributed by atoms with Crippen LogP contribution in [0, 0.1) is 5.92 Å². The fourth-order valence-corrected chi connectivity index (χ4v) is 4.44. The molecule has 2 fully saturated rings. The minimum atomic E-state index is 0.689. The third-order valence-corrected chi connectivity index (χ3v) is 5.97. The normalized spacial score (nSPS) is 29.3. The van der Waals surface area contributed by atoms with Gasteiger partial charge in [-0.1, -0.05) is 19.8 Å². The Morgan fingerprint density at radius 2 is 1.96 bits per heavy atom. The zero-order valence-corrected chi connectivity index (χ0v) is 15.3. The van der Waals surface area contributed by atoms with Crippen LogP contribution in [0.3, 0.4) is 0 Å². The van der Waals surface area contributed by atoms with Crippen molar-refractivity contribution in [2.24, 2.45) is 5.92 Å². The van der Waals surface area contributed by atoms with Crippen molar-refractivity contribution >= 4 is 5.71 Å². The predicted octanol–water partition coefficient (Wildman–Crippen LogP) is 2.77. The van der Waals surface area contributed by atoms with Crippen LogP contribution in [-0.2, 0) is 4.84 Å². The molecule has 0 radical (unpaired) electrons. The molecule has 2 aliphatic heterocycles. The lowest BCUT2D eigenvalue weighted by Crippen LogP contribution is -2.54. The summed E-state index contributed by atoms with van der Waals surface area (Å²) in [6, 6.07) is 0.689. The van der Waals surface area contributed by atoms with E-state index in [2.05, 4.69) is 28.5 Å². The van der Waals surface area contributed by atoms with E-state index < -0.39 is 0 Å². The van der Waals surface area contributed by atoms with E-state index in [-0.39, 0.29) is 0 Å². The van der Waals surface area contributed by atoms with Crippen molar-refractivity contribution in [2.75, 3.05) is 46.4 Å². The lowest BCUT2D eigenvalue weighted by molar-refractivity contribution is -0.836. The molecule has 3 rings (SSSR count).